The van der Waals surface area contributed by atoms with Crippen molar-refractivity contribution in [2.45, 2.75) is 33.4 Å². The number of benzene rings is 2. The Morgan fingerprint density at radius 2 is 1.59 bits per heavy atom. The number of carbonyl (C=O) groups excluding carboxylic acids is 1. The molecule has 0 unspecified atom stereocenters. The molecule has 0 bridgehead atoms. The third-order valence-corrected chi connectivity index (χ3v) is 6.42. The Hall–Kier alpha value is -3.95. The first-order valence-corrected chi connectivity index (χ1v) is 11.7. The fraction of sp³-hybridized carbons (Fsp3) is 0.370. The van der Waals surface area contributed by atoms with Crippen molar-refractivity contribution in [2.24, 2.45) is 0 Å². The first-order chi connectivity index (χ1) is 17.8. The first-order valence-electron chi connectivity index (χ1n) is 11.7. The number of methoxy groups -OCH3 is 4. The molecule has 2 aromatic carbocycles. The van der Waals surface area contributed by atoms with Gasteiger partial charge in [-0.2, -0.15) is 8.78 Å². The van der Waals surface area contributed by atoms with Crippen LogP contribution >= 0.6 is 0 Å². The number of aromatic nitrogens is 1. The number of carbonyl (C=O) groups is 1. The monoisotopic (exact) mass is 517 g/mol. The van der Waals surface area contributed by atoms with Crippen LogP contribution in [0, 0.1) is 6.92 Å². The lowest BCUT2D eigenvalue weighted by Gasteiger charge is -2.23. The number of fused-ring (bicyclic) bond motifs is 3. The molecular weight excluding hydrogens is 488 g/mol. The van der Waals surface area contributed by atoms with Gasteiger partial charge in [0.1, 0.15) is 0 Å². The maximum atomic E-state index is 13.5. The van der Waals surface area contributed by atoms with Gasteiger partial charge in [0.2, 0.25) is 5.75 Å². The van der Waals surface area contributed by atoms with Gasteiger partial charge in [0.15, 0.2) is 23.0 Å². The third kappa shape index (κ3) is 4.52. The third-order valence-electron chi connectivity index (χ3n) is 6.42. The Balaban J connectivity index is 2.05. The van der Waals surface area contributed by atoms with Crippen molar-refractivity contribution in [2.75, 3.05) is 35.0 Å². The number of esters is 1. The van der Waals surface area contributed by atoms with Crippen molar-refractivity contribution < 1.29 is 42.0 Å². The maximum absolute atomic E-state index is 13.5. The van der Waals surface area contributed by atoms with Crippen molar-refractivity contribution in [3.8, 4) is 51.1 Å². The minimum Gasteiger partial charge on any atom is -0.493 e. The lowest BCUT2D eigenvalue weighted by Crippen LogP contribution is -2.15. The highest BCUT2D eigenvalue weighted by molar-refractivity contribution is 6.06. The molecule has 10 heteroatoms. The molecule has 1 aliphatic heterocycles. The molecule has 0 saturated carbocycles. The molecule has 198 valence electrons. The van der Waals surface area contributed by atoms with Gasteiger partial charge in [0.25, 0.3) is 0 Å². The van der Waals surface area contributed by atoms with Crippen molar-refractivity contribution in [1.29, 1.82) is 0 Å². The molecule has 1 aliphatic rings. The summed E-state index contributed by atoms with van der Waals surface area (Å²) in [6.45, 7) is 1.30. The smallest absolute Gasteiger partial charge is 0.387 e. The molecule has 37 heavy (non-hydrogen) atoms. The molecule has 3 aromatic rings. The van der Waals surface area contributed by atoms with Crippen LogP contribution in [0.15, 0.2) is 24.3 Å². The second-order valence-corrected chi connectivity index (χ2v) is 8.26. The van der Waals surface area contributed by atoms with Crippen molar-refractivity contribution in [3.63, 3.8) is 0 Å². The van der Waals surface area contributed by atoms with Gasteiger partial charge in [0, 0.05) is 23.4 Å². The summed E-state index contributed by atoms with van der Waals surface area (Å²) in [7, 11) is 5.93. The zero-order valence-electron chi connectivity index (χ0n) is 21.6. The standard InChI is InChI=1S/C27H29F2NO7/c1-7-36-26(31)23-22(16-11-20(33-4)25(35-6)21(12-16)34-5)14(2)30-9-8-15-10-18(32-3)19(37-27(28)29)13-17(15)24(23)30/h10-13,27H,7-9H2,1-6H3. The number of nitrogens with zero attached hydrogens (tertiary/aromatic N) is 1. The highest BCUT2D eigenvalue weighted by Crippen LogP contribution is 2.48. The number of ether oxygens (including phenoxy) is 6. The number of alkyl halides is 2. The number of aryl methyl sites for hydroxylation is 1. The average Bonchev–Trinajstić information content (AvgIpc) is 3.19. The molecule has 0 spiro atoms. The van der Waals surface area contributed by atoms with Gasteiger partial charge < -0.3 is 33.0 Å². The quantitative estimate of drug-likeness (QED) is 0.347. The molecule has 0 fully saturated rings. The van der Waals surface area contributed by atoms with Crippen molar-refractivity contribution in [1.82, 2.24) is 4.57 Å². The van der Waals surface area contributed by atoms with E-state index in [9.17, 15) is 13.6 Å². The van der Waals surface area contributed by atoms with E-state index in [2.05, 4.69) is 0 Å². The Labute approximate surface area is 213 Å². The van der Waals surface area contributed by atoms with Gasteiger partial charge in [-0.1, -0.05) is 0 Å². The van der Waals surface area contributed by atoms with Crippen LogP contribution in [-0.4, -0.2) is 52.2 Å². The summed E-state index contributed by atoms with van der Waals surface area (Å²) in [5.41, 5.74) is 4.36. The fourth-order valence-corrected chi connectivity index (χ4v) is 4.89. The van der Waals surface area contributed by atoms with Crippen molar-refractivity contribution in [3.05, 3.63) is 41.1 Å². The molecule has 0 radical (unpaired) electrons. The minimum atomic E-state index is -3.04. The van der Waals surface area contributed by atoms with Crippen LogP contribution < -0.4 is 23.7 Å². The van der Waals surface area contributed by atoms with E-state index in [0.717, 1.165) is 11.3 Å². The molecule has 8 nitrogen and oxygen atoms in total. The highest BCUT2D eigenvalue weighted by atomic mass is 19.3. The summed E-state index contributed by atoms with van der Waals surface area (Å²) in [4.78, 5) is 13.5. The summed E-state index contributed by atoms with van der Waals surface area (Å²) >= 11 is 0. The minimum absolute atomic E-state index is 0.118. The topological polar surface area (TPSA) is 77.4 Å². The van der Waals surface area contributed by atoms with Gasteiger partial charge in [-0.25, -0.2) is 4.79 Å². The predicted molar refractivity (Wildman–Crippen MR) is 133 cm³/mol. The Morgan fingerprint density at radius 1 is 0.946 bits per heavy atom. The Bertz CT molecular complexity index is 1310. The van der Waals surface area contributed by atoms with Crippen LogP contribution in [0.1, 0.15) is 28.5 Å². The largest absolute Gasteiger partial charge is 0.493 e. The normalized spacial score (nSPS) is 12.0. The molecule has 0 N–H and O–H groups in total. The summed E-state index contributed by atoms with van der Waals surface area (Å²) < 4.78 is 60.4. The van der Waals surface area contributed by atoms with Crippen LogP contribution in [0.3, 0.4) is 0 Å². The molecule has 1 aromatic heterocycles. The van der Waals surface area contributed by atoms with E-state index in [4.69, 9.17) is 28.4 Å². The second kappa shape index (κ2) is 10.6. The van der Waals surface area contributed by atoms with Gasteiger partial charge in [-0.15, -0.1) is 0 Å². The molecule has 2 heterocycles. The van der Waals surface area contributed by atoms with Gasteiger partial charge in [0.05, 0.1) is 46.3 Å². The van der Waals surface area contributed by atoms with E-state index in [-0.39, 0.29) is 18.1 Å². The van der Waals surface area contributed by atoms with E-state index in [0.29, 0.717) is 58.2 Å². The molecule has 0 amide bonds. The number of halogens is 2. The Kier molecular flexibility index (Phi) is 7.47. The van der Waals surface area contributed by atoms with E-state index in [1.807, 2.05) is 11.5 Å². The zero-order valence-corrected chi connectivity index (χ0v) is 21.6. The lowest BCUT2D eigenvalue weighted by atomic mass is 9.93. The van der Waals surface area contributed by atoms with Gasteiger partial charge in [-0.05, 0) is 55.7 Å². The summed E-state index contributed by atoms with van der Waals surface area (Å²) in [5, 5.41) is 0. The molecule has 0 aliphatic carbocycles. The highest BCUT2D eigenvalue weighted by Gasteiger charge is 2.33. The number of hydrogen-bond donors (Lipinski definition) is 0. The van der Waals surface area contributed by atoms with Gasteiger partial charge in [-0.3, -0.25) is 0 Å². The molecule has 4 rings (SSSR count). The predicted octanol–water partition coefficient (Wildman–Crippen LogP) is 5.50. The maximum Gasteiger partial charge on any atom is 0.387 e. The summed E-state index contributed by atoms with van der Waals surface area (Å²) in [6.07, 6.45) is 0.597. The molecule has 0 saturated heterocycles. The van der Waals surface area contributed by atoms with Crippen LogP contribution in [0.5, 0.6) is 28.7 Å². The van der Waals surface area contributed by atoms with E-state index in [1.54, 1.807) is 25.1 Å². The second-order valence-electron chi connectivity index (χ2n) is 8.26. The summed E-state index contributed by atoms with van der Waals surface area (Å²) in [6, 6.07) is 6.69. The average molecular weight is 518 g/mol. The lowest BCUT2D eigenvalue weighted by molar-refractivity contribution is -0.0512. The van der Waals surface area contributed by atoms with E-state index in [1.165, 1.54) is 34.5 Å². The molecular formula is C27H29F2NO7. The van der Waals surface area contributed by atoms with Crippen molar-refractivity contribution >= 4 is 5.97 Å². The molecule has 0 atom stereocenters. The zero-order chi connectivity index (χ0) is 26.9. The fourth-order valence-electron chi connectivity index (χ4n) is 4.89. The van der Waals surface area contributed by atoms with E-state index < -0.39 is 12.6 Å². The van der Waals surface area contributed by atoms with Gasteiger partial charge >= 0.3 is 12.6 Å². The number of rotatable bonds is 9. The van der Waals surface area contributed by atoms with E-state index >= 15 is 0 Å². The Morgan fingerprint density at radius 3 is 2.14 bits per heavy atom. The van der Waals surface area contributed by atoms with Crippen LogP contribution in [0.25, 0.3) is 22.4 Å². The van der Waals surface area contributed by atoms with Crippen LogP contribution in [0.2, 0.25) is 0 Å². The van der Waals surface area contributed by atoms with Crippen LogP contribution in [-0.2, 0) is 17.7 Å². The number of hydrogen-bond acceptors (Lipinski definition) is 7. The van der Waals surface area contributed by atoms with Crippen LogP contribution in [0.4, 0.5) is 8.78 Å². The SMILES string of the molecule is CCOC(=O)c1c(-c2cc(OC)c(OC)c(OC)c2)c(C)n2c1-c1cc(OC(F)F)c(OC)cc1CC2. The summed E-state index contributed by atoms with van der Waals surface area (Å²) in [5.74, 6) is 0.800. The first kappa shape index (κ1) is 26.1.